The summed E-state index contributed by atoms with van der Waals surface area (Å²) in [4.78, 5) is 37.9. The third-order valence-corrected chi connectivity index (χ3v) is 6.38. The monoisotopic (exact) mass is 557 g/mol. The number of carbonyl (C=O) groups excluding carboxylic acids is 2. The van der Waals surface area contributed by atoms with Gasteiger partial charge in [-0.25, -0.2) is 9.59 Å². The van der Waals surface area contributed by atoms with Crippen molar-refractivity contribution in [1.29, 1.82) is 5.26 Å². The highest BCUT2D eigenvalue weighted by atomic mass is 16.5. The third-order valence-electron chi connectivity index (χ3n) is 6.38. The van der Waals surface area contributed by atoms with E-state index >= 15 is 0 Å². The summed E-state index contributed by atoms with van der Waals surface area (Å²) in [6.45, 7) is 10.4. The molecule has 0 unspecified atom stereocenters. The molecule has 3 rings (SSSR count). The Morgan fingerprint density at radius 2 is 1.88 bits per heavy atom. The number of aromatic nitrogens is 1. The van der Waals surface area contributed by atoms with Crippen molar-refractivity contribution in [3.05, 3.63) is 93.3 Å². The Hall–Kier alpha value is -5.24. The van der Waals surface area contributed by atoms with Gasteiger partial charge in [-0.3, -0.25) is 9.36 Å². The lowest BCUT2D eigenvalue weighted by molar-refractivity contribution is 0.0601. The number of hydrogen-bond acceptors (Lipinski definition) is 9. The number of alkyl carbamates (subject to hydrolysis) is 1. The van der Waals surface area contributed by atoms with E-state index in [1.54, 1.807) is 12.1 Å². The van der Waals surface area contributed by atoms with Crippen molar-refractivity contribution in [2.45, 2.75) is 39.8 Å². The molecule has 3 aromatic rings. The molecule has 11 heteroatoms. The lowest BCUT2D eigenvalue weighted by atomic mass is 9.92. The van der Waals surface area contributed by atoms with Crippen molar-refractivity contribution >= 4 is 29.0 Å². The summed E-state index contributed by atoms with van der Waals surface area (Å²) in [5.41, 5.74) is 1.08. The van der Waals surface area contributed by atoms with E-state index in [0.29, 0.717) is 0 Å². The number of amides is 1. The highest BCUT2D eigenvalue weighted by molar-refractivity contribution is 5.94. The minimum absolute atomic E-state index is 0.1000. The summed E-state index contributed by atoms with van der Waals surface area (Å²) >= 11 is 0. The van der Waals surface area contributed by atoms with Gasteiger partial charge in [-0.15, -0.1) is 10.2 Å². The van der Waals surface area contributed by atoms with Crippen LogP contribution in [0.1, 0.15) is 53.4 Å². The first-order valence-electron chi connectivity index (χ1n) is 12.6. The molecular weight excluding hydrogens is 526 g/mol. The van der Waals surface area contributed by atoms with E-state index in [9.17, 15) is 24.8 Å². The van der Waals surface area contributed by atoms with Crippen LogP contribution < -0.4 is 10.9 Å². The normalized spacial score (nSPS) is 11.1. The van der Waals surface area contributed by atoms with Gasteiger partial charge in [0.05, 0.1) is 24.8 Å². The number of allylic oxidation sites excluding steroid dienone is 1. The number of ether oxygens (including phenoxy) is 2. The number of benzene rings is 2. The maximum Gasteiger partial charge on any atom is 0.407 e. The van der Waals surface area contributed by atoms with Gasteiger partial charge >= 0.3 is 12.1 Å². The SMILES string of the molecule is C=C(C)c1cccc(C(C)(C)NC(=O)OCCn2c(O)c(C#N)c(C)c(N=Nc3ccccc3C(=O)OC)c2=O)c1. The molecule has 1 amide bonds. The molecule has 11 nitrogen and oxygen atoms in total. The number of nitrogens with zero attached hydrogens (tertiary/aromatic N) is 4. The van der Waals surface area contributed by atoms with Crippen LogP contribution in [0.15, 0.2) is 70.1 Å². The van der Waals surface area contributed by atoms with Crippen LogP contribution >= 0.6 is 0 Å². The van der Waals surface area contributed by atoms with Gasteiger partial charge in [0.1, 0.15) is 23.9 Å². The zero-order valence-electron chi connectivity index (χ0n) is 23.5. The second kappa shape index (κ2) is 12.7. The molecule has 0 saturated heterocycles. The lowest BCUT2D eigenvalue weighted by Crippen LogP contribution is -2.41. The number of esters is 1. The van der Waals surface area contributed by atoms with E-state index in [1.165, 1.54) is 26.2 Å². The Balaban J connectivity index is 1.82. The molecule has 0 spiro atoms. The van der Waals surface area contributed by atoms with Crippen LogP contribution in [-0.4, -0.2) is 35.5 Å². The lowest BCUT2D eigenvalue weighted by Gasteiger charge is -2.27. The molecule has 0 fully saturated rings. The minimum Gasteiger partial charge on any atom is -0.493 e. The highest BCUT2D eigenvalue weighted by Gasteiger charge is 2.25. The molecule has 0 bridgehead atoms. The number of azo groups is 1. The van der Waals surface area contributed by atoms with Crippen molar-refractivity contribution in [3.63, 3.8) is 0 Å². The molecule has 0 radical (unpaired) electrons. The Kier molecular flexibility index (Phi) is 9.42. The molecule has 0 aliphatic carbocycles. The van der Waals surface area contributed by atoms with Crippen LogP contribution in [0.5, 0.6) is 5.88 Å². The van der Waals surface area contributed by atoms with Gasteiger partial charge in [-0.1, -0.05) is 42.5 Å². The van der Waals surface area contributed by atoms with Crippen molar-refractivity contribution in [2.24, 2.45) is 10.2 Å². The first kappa shape index (κ1) is 30.3. The summed E-state index contributed by atoms with van der Waals surface area (Å²) in [6.07, 6.45) is -0.741. The van der Waals surface area contributed by atoms with Crippen molar-refractivity contribution < 1.29 is 24.2 Å². The summed E-state index contributed by atoms with van der Waals surface area (Å²) in [6, 6.07) is 15.7. The van der Waals surface area contributed by atoms with Gasteiger partial charge < -0.3 is 19.9 Å². The fourth-order valence-electron chi connectivity index (χ4n) is 3.98. The topological polar surface area (TPSA) is 155 Å². The Morgan fingerprint density at radius 1 is 1.17 bits per heavy atom. The first-order chi connectivity index (χ1) is 19.4. The number of carbonyl (C=O) groups is 2. The minimum atomic E-state index is -0.784. The zero-order valence-corrected chi connectivity index (χ0v) is 23.5. The molecule has 0 atom stereocenters. The number of hydrogen-bond donors (Lipinski definition) is 2. The molecule has 1 heterocycles. The van der Waals surface area contributed by atoms with E-state index in [0.717, 1.165) is 21.3 Å². The average molecular weight is 558 g/mol. The van der Waals surface area contributed by atoms with E-state index in [2.05, 4.69) is 22.1 Å². The van der Waals surface area contributed by atoms with Crippen molar-refractivity contribution in [1.82, 2.24) is 9.88 Å². The fourth-order valence-corrected chi connectivity index (χ4v) is 3.98. The van der Waals surface area contributed by atoms with Gasteiger partial charge in [0.2, 0.25) is 5.88 Å². The number of aromatic hydroxyl groups is 1. The predicted molar refractivity (Wildman–Crippen MR) is 152 cm³/mol. The maximum absolute atomic E-state index is 13.2. The second-order valence-electron chi connectivity index (χ2n) is 9.70. The quantitative estimate of drug-likeness (QED) is 0.255. The van der Waals surface area contributed by atoms with Crippen LogP contribution in [0.25, 0.3) is 5.57 Å². The van der Waals surface area contributed by atoms with Crippen LogP contribution in [0.2, 0.25) is 0 Å². The van der Waals surface area contributed by atoms with E-state index < -0.39 is 29.0 Å². The molecule has 41 heavy (non-hydrogen) atoms. The van der Waals surface area contributed by atoms with E-state index in [4.69, 9.17) is 9.47 Å². The van der Waals surface area contributed by atoms with Crippen LogP contribution in [-0.2, 0) is 21.6 Å². The highest BCUT2D eigenvalue weighted by Crippen LogP contribution is 2.28. The predicted octanol–water partition coefficient (Wildman–Crippen LogP) is 5.63. The summed E-state index contributed by atoms with van der Waals surface area (Å²) in [7, 11) is 1.22. The molecule has 1 aromatic heterocycles. The van der Waals surface area contributed by atoms with Crippen molar-refractivity contribution in [3.8, 4) is 11.9 Å². The maximum atomic E-state index is 13.2. The van der Waals surface area contributed by atoms with Crippen LogP contribution in [0.3, 0.4) is 0 Å². The van der Waals surface area contributed by atoms with Crippen molar-refractivity contribution in [2.75, 3.05) is 13.7 Å². The Bertz CT molecular complexity index is 1630. The Morgan fingerprint density at radius 3 is 2.54 bits per heavy atom. The Labute approximate surface area is 237 Å². The van der Waals surface area contributed by atoms with Gasteiger partial charge in [-0.2, -0.15) is 5.26 Å². The average Bonchev–Trinajstić information content (AvgIpc) is 2.94. The molecule has 212 valence electrons. The molecule has 2 N–H and O–H groups in total. The first-order valence-corrected chi connectivity index (χ1v) is 12.6. The zero-order chi connectivity index (χ0) is 30.3. The number of pyridine rings is 1. The summed E-state index contributed by atoms with van der Waals surface area (Å²) < 4.78 is 10.9. The second-order valence-corrected chi connectivity index (χ2v) is 9.70. The van der Waals surface area contributed by atoms with E-state index in [1.807, 2.05) is 51.1 Å². The number of nitriles is 1. The third kappa shape index (κ3) is 6.86. The number of nitrogens with one attached hydrogen (secondary N) is 1. The molecular formula is C30H31N5O6. The fraction of sp³-hybridized carbons (Fsp3) is 0.267. The molecule has 2 aromatic carbocycles. The summed E-state index contributed by atoms with van der Waals surface area (Å²) in [5.74, 6) is -1.23. The van der Waals surface area contributed by atoms with Crippen LogP contribution in [0.4, 0.5) is 16.2 Å². The number of methoxy groups -OCH3 is 1. The number of rotatable bonds is 9. The standard InChI is InChI=1S/C30H31N5O6/c1-18(2)20-10-9-11-21(16-20)30(4,5)32-29(39)41-15-14-35-26(36)23(17-31)19(3)25(27(35)37)34-33-24-13-8-7-12-22(24)28(38)40-6/h7-13,16,36H,1,14-15H2,2-6H3,(H,32,39). The van der Waals surface area contributed by atoms with Gasteiger partial charge in [-0.05, 0) is 57.0 Å². The molecule has 0 saturated carbocycles. The van der Waals surface area contributed by atoms with Gasteiger partial charge in [0, 0.05) is 5.56 Å². The van der Waals surface area contributed by atoms with Gasteiger partial charge in [0.15, 0.2) is 5.69 Å². The molecule has 0 aliphatic rings. The smallest absolute Gasteiger partial charge is 0.407 e. The van der Waals surface area contributed by atoms with Gasteiger partial charge in [0.25, 0.3) is 5.56 Å². The molecule has 0 aliphatic heterocycles. The largest absolute Gasteiger partial charge is 0.493 e. The van der Waals surface area contributed by atoms with Crippen LogP contribution in [0, 0.1) is 18.3 Å². The summed E-state index contributed by atoms with van der Waals surface area (Å²) in [5, 5.41) is 31.1. The van der Waals surface area contributed by atoms with E-state index in [-0.39, 0.29) is 41.2 Å².